The molecule has 1 rings (SSSR count). The number of β-amino-alcohol motifs (C(OH)–C–C–N with tert-alkyl or cyclic N) is 1. The summed E-state index contributed by atoms with van der Waals surface area (Å²) in [6, 6.07) is -0.110. The average molecular weight is 243 g/mol. The smallest absolute Gasteiger partial charge is 0.237 e. The van der Waals surface area contributed by atoms with Crippen LogP contribution in [0.2, 0.25) is 0 Å². The van der Waals surface area contributed by atoms with Gasteiger partial charge in [0.1, 0.15) is 0 Å². The lowest BCUT2D eigenvalue weighted by Crippen LogP contribution is -2.48. The van der Waals surface area contributed by atoms with E-state index in [-0.39, 0.29) is 29.9 Å². The van der Waals surface area contributed by atoms with Crippen molar-refractivity contribution in [1.82, 2.24) is 15.5 Å². The van der Waals surface area contributed by atoms with Crippen molar-refractivity contribution in [3.05, 3.63) is 0 Å². The predicted molar refractivity (Wildman–Crippen MR) is 67.7 cm³/mol. The number of hydrogen-bond donors (Lipinski definition) is 3. The van der Waals surface area contributed by atoms with Crippen molar-refractivity contribution < 1.29 is 9.90 Å². The molecule has 0 aromatic heterocycles. The second kappa shape index (κ2) is 6.33. The third kappa shape index (κ3) is 3.94. The Bertz CT molecular complexity index is 248. The van der Waals surface area contributed by atoms with Gasteiger partial charge < -0.3 is 15.7 Å². The molecule has 0 aromatic carbocycles. The van der Waals surface area contributed by atoms with Crippen molar-refractivity contribution in [1.29, 1.82) is 0 Å². The molecule has 1 saturated heterocycles. The summed E-state index contributed by atoms with van der Waals surface area (Å²) >= 11 is 0. The van der Waals surface area contributed by atoms with Crippen LogP contribution in [0.4, 0.5) is 0 Å². The van der Waals surface area contributed by atoms with Gasteiger partial charge in [0.2, 0.25) is 5.91 Å². The molecule has 1 aliphatic heterocycles. The van der Waals surface area contributed by atoms with Crippen LogP contribution >= 0.6 is 0 Å². The molecule has 1 aliphatic rings. The molecule has 1 heterocycles. The summed E-state index contributed by atoms with van der Waals surface area (Å²) in [5, 5.41) is 15.7. The van der Waals surface area contributed by atoms with E-state index in [1.54, 1.807) is 0 Å². The number of aliphatic hydroxyl groups is 1. The van der Waals surface area contributed by atoms with Crippen LogP contribution in [-0.4, -0.2) is 61.8 Å². The molecule has 0 radical (unpaired) electrons. The monoisotopic (exact) mass is 243 g/mol. The van der Waals surface area contributed by atoms with Gasteiger partial charge in [-0.2, -0.15) is 0 Å². The molecular formula is C12H25N3O2. The van der Waals surface area contributed by atoms with Crippen LogP contribution in [0, 0.1) is 11.8 Å². The quantitative estimate of drug-likeness (QED) is 0.596. The highest BCUT2D eigenvalue weighted by molar-refractivity contribution is 5.81. The average Bonchev–Trinajstić information content (AvgIpc) is 2.59. The van der Waals surface area contributed by atoms with Gasteiger partial charge in [-0.25, -0.2) is 0 Å². The van der Waals surface area contributed by atoms with Crippen molar-refractivity contribution >= 4 is 5.91 Å². The van der Waals surface area contributed by atoms with Crippen molar-refractivity contribution in [2.24, 2.45) is 11.8 Å². The first-order chi connectivity index (χ1) is 7.93. The van der Waals surface area contributed by atoms with Gasteiger partial charge in [-0.05, 0) is 20.0 Å². The molecule has 5 nitrogen and oxygen atoms in total. The topological polar surface area (TPSA) is 64.6 Å². The molecule has 2 unspecified atom stereocenters. The first-order valence-electron chi connectivity index (χ1n) is 6.26. The van der Waals surface area contributed by atoms with Crippen LogP contribution in [0.1, 0.15) is 13.8 Å². The van der Waals surface area contributed by atoms with E-state index in [1.165, 1.54) is 0 Å². The van der Waals surface area contributed by atoms with Gasteiger partial charge in [0, 0.05) is 25.6 Å². The third-order valence-corrected chi connectivity index (χ3v) is 3.30. The molecule has 0 bridgehead atoms. The SMILES string of the molecule is CC(C)[C@H](C(=O)NCC1CNCC1O)N(C)C. The lowest BCUT2D eigenvalue weighted by atomic mass is 10.0. The molecule has 3 atom stereocenters. The number of aliphatic hydroxyl groups excluding tert-OH is 1. The summed E-state index contributed by atoms with van der Waals surface area (Å²) in [5.41, 5.74) is 0. The molecule has 17 heavy (non-hydrogen) atoms. The van der Waals surface area contributed by atoms with Gasteiger partial charge in [-0.3, -0.25) is 9.69 Å². The highest BCUT2D eigenvalue weighted by atomic mass is 16.3. The lowest BCUT2D eigenvalue weighted by Gasteiger charge is -2.27. The number of likely N-dealkylation sites (N-methyl/N-ethyl adjacent to an activating group) is 1. The number of nitrogens with zero attached hydrogens (tertiary/aromatic N) is 1. The zero-order valence-electron chi connectivity index (χ0n) is 11.2. The number of amides is 1. The number of rotatable bonds is 5. The Morgan fingerprint density at radius 2 is 2.12 bits per heavy atom. The van der Waals surface area contributed by atoms with Gasteiger partial charge in [-0.15, -0.1) is 0 Å². The van der Waals surface area contributed by atoms with E-state index in [9.17, 15) is 9.90 Å². The van der Waals surface area contributed by atoms with E-state index >= 15 is 0 Å². The Kier molecular flexibility index (Phi) is 5.36. The molecule has 1 fully saturated rings. The fourth-order valence-corrected chi connectivity index (χ4v) is 2.40. The first-order valence-corrected chi connectivity index (χ1v) is 6.26. The number of nitrogens with one attached hydrogen (secondary N) is 2. The van der Waals surface area contributed by atoms with Crippen LogP contribution in [0.25, 0.3) is 0 Å². The van der Waals surface area contributed by atoms with Gasteiger partial charge in [-0.1, -0.05) is 13.8 Å². The Morgan fingerprint density at radius 3 is 2.53 bits per heavy atom. The minimum Gasteiger partial charge on any atom is -0.391 e. The van der Waals surface area contributed by atoms with Crippen molar-refractivity contribution in [3.63, 3.8) is 0 Å². The molecule has 3 N–H and O–H groups in total. The highest BCUT2D eigenvalue weighted by Gasteiger charge is 2.28. The summed E-state index contributed by atoms with van der Waals surface area (Å²) in [4.78, 5) is 14.0. The van der Waals surface area contributed by atoms with E-state index in [4.69, 9.17) is 0 Å². The minimum absolute atomic E-state index is 0.0455. The van der Waals surface area contributed by atoms with Crippen LogP contribution in [-0.2, 0) is 4.79 Å². The summed E-state index contributed by atoms with van der Waals surface area (Å²) in [6.45, 7) is 6.02. The predicted octanol–water partition coefficient (Wildman–Crippen LogP) is -0.731. The van der Waals surface area contributed by atoms with Crippen molar-refractivity contribution in [2.45, 2.75) is 26.0 Å². The maximum atomic E-state index is 12.0. The Labute approximate surface area is 104 Å². The Hall–Kier alpha value is -0.650. The fraction of sp³-hybridized carbons (Fsp3) is 0.917. The summed E-state index contributed by atoms with van der Waals surface area (Å²) in [6.07, 6.45) is -0.341. The second-order valence-electron chi connectivity index (χ2n) is 5.38. The molecule has 0 spiro atoms. The summed E-state index contributed by atoms with van der Waals surface area (Å²) in [7, 11) is 3.83. The molecule has 100 valence electrons. The lowest BCUT2D eigenvalue weighted by molar-refractivity contribution is -0.127. The van der Waals surface area contributed by atoms with Gasteiger partial charge in [0.15, 0.2) is 0 Å². The number of carbonyl (C=O) groups excluding carboxylic acids is 1. The van der Waals surface area contributed by atoms with Crippen molar-refractivity contribution in [3.8, 4) is 0 Å². The molecule has 0 saturated carbocycles. The van der Waals surface area contributed by atoms with E-state index in [0.717, 1.165) is 6.54 Å². The maximum Gasteiger partial charge on any atom is 0.237 e. The van der Waals surface area contributed by atoms with Crippen LogP contribution in [0.15, 0.2) is 0 Å². The molecular weight excluding hydrogens is 218 g/mol. The normalized spacial score (nSPS) is 26.5. The maximum absolute atomic E-state index is 12.0. The summed E-state index contributed by atoms with van der Waals surface area (Å²) in [5.74, 6) is 0.453. The molecule has 1 amide bonds. The van der Waals surface area contributed by atoms with Crippen LogP contribution in [0.3, 0.4) is 0 Å². The van der Waals surface area contributed by atoms with Gasteiger partial charge in [0.05, 0.1) is 12.1 Å². The van der Waals surface area contributed by atoms with E-state index in [1.807, 2.05) is 32.8 Å². The van der Waals surface area contributed by atoms with Crippen LogP contribution < -0.4 is 10.6 Å². The largest absolute Gasteiger partial charge is 0.391 e. The van der Waals surface area contributed by atoms with Crippen molar-refractivity contribution in [2.75, 3.05) is 33.7 Å². The molecule has 0 aromatic rings. The third-order valence-electron chi connectivity index (χ3n) is 3.30. The summed E-state index contributed by atoms with van der Waals surface area (Å²) < 4.78 is 0. The highest BCUT2D eigenvalue weighted by Crippen LogP contribution is 2.10. The van der Waals surface area contributed by atoms with Gasteiger partial charge in [0.25, 0.3) is 0 Å². The minimum atomic E-state index is -0.341. The molecule has 0 aliphatic carbocycles. The van der Waals surface area contributed by atoms with Crippen LogP contribution in [0.5, 0.6) is 0 Å². The Balaban J connectivity index is 2.42. The molecule has 5 heteroatoms. The zero-order valence-corrected chi connectivity index (χ0v) is 11.2. The fourth-order valence-electron chi connectivity index (χ4n) is 2.40. The number of hydrogen-bond acceptors (Lipinski definition) is 4. The Morgan fingerprint density at radius 1 is 1.47 bits per heavy atom. The number of carbonyl (C=O) groups is 1. The van der Waals surface area contributed by atoms with E-state index in [2.05, 4.69) is 10.6 Å². The van der Waals surface area contributed by atoms with E-state index < -0.39 is 0 Å². The zero-order chi connectivity index (χ0) is 13.0. The standard InChI is InChI=1S/C12H25N3O2/c1-8(2)11(15(3)4)12(17)14-6-9-5-13-7-10(9)16/h8-11,13,16H,5-7H2,1-4H3,(H,14,17)/t9?,10?,11-/m1/s1. The second-order valence-corrected chi connectivity index (χ2v) is 5.38. The van der Waals surface area contributed by atoms with E-state index in [0.29, 0.717) is 13.1 Å². The first kappa shape index (κ1) is 14.4. The van der Waals surface area contributed by atoms with Gasteiger partial charge >= 0.3 is 0 Å².